The Morgan fingerprint density at radius 1 is 1.23 bits per heavy atom. The summed E-state index contributed by atoms with van der Waals surface area (Å²) in [5.74, 6) is 0. The molecule has 70 valence electrons. The minimum atomic E-state index is -0.0883. The molecule has 0 heterocycles. The van der Waals surface area contributed by atoms with Crippen molar-refractivity contribution in [1.82, 2.24) is 0 Å². The van der Waals surface area contributed by atoms with E-state index in [1.54, 1.807) is 0 Å². The summed E-state index contributed by atoms with van der Waals surface area (Å²) >= 11 is 1.94. The number of nitriles is 1. The van der Waals surface area contributed by atoms with Crippen LogP contribution in [0.2, 0.25) is 0 Å². The van der Waals surface area contributed by atoms with Crippen LogP contribution in [-0.2, 0) is 0 Å². The lowest BCUT2D eigenvalue weighted by atomic mass is 10.1. The minimum absolute atomic E-state index is 0.0883. The number of rotatable bonds is 2. The highest BCUT2D eigenvalue weighted by atomic mass is 32.2. The molecule has 0 aromatic rings. The maximum Gasteiger partial charge on any atom is 0.109 e. The van der Waals surface area contributed by atoms with Gasteiger partial charge >= 0.3 is 0 Å². The smallest absolute Gasteiger partial charge is 0.109 e. The zero-order chi connectivity index (χ0) is 9.15. The molecule has 13 heavy (non-hydrogen) atoms. The highest BCUT2D eigenvalue weighted by Gasteiger charge is 2.35. The SMILES string of the molecule is N#CC1(SC2CCCC2)CC=CC1. The lowest BCUT2D eigenvalue weighted by Gasteiger charge is -2.23. The second-order valence-corrected chi connectivity index (χ2v) is 5.69. The fourth-order valence-electron chi connectivity index (χ4n) is 2.17. The van der Waals surface area contributed by atoms with Crippen LogP contribution < -0.4 is 0 Å². The van der Waals surface area contributed by atoms with Crippen molar-refractivity contribution in [2.75, 3.05) is 0 Å². The van der Waals surface area contributed by atoms with Crippen molar-refractivity contribution < 1.29 is 0 Å². The summed E-state index contributed by atoms with van der Waals surface area (Å²) in [5.41, 5.74) is 0. The average molecular weight is 193 g/mol. The molecular weight excluding hydrogens is 178 g/mol. The molecule has 2 heteroatoms. The van der Waals surface area contributed by atoms with Crippen molar-refractivity contribution in [1.29, 1.82) is 5.26 Å². The third-order valence-electron chi connectivity index (χ3n) is 2.96. The van der Waals surface area contributed by atoms with E-state index in [-0.39, 0.29) is 4.75 Å². The van der Waals surface area contributed by atoms with Gasteiger partial charge in [-0.3, -0.25) is 0 Å². The summed E-state index contributed by atoms with van der Waals surface area (Å²) in [5, 5.41) is 9.93. The fourth-order valence-corrected chi connectivity index (χ4v) is 3.81. The molecule has 1 fully saturated rings. The van der Waals surface area contributed by atoms with Gasteiger partial charge in [-0.1, -0.05) is 25.0 Å². The highest BCUT2D eigenvalue weighted by Crippen LogP contribution is 2.44. The van der Waals surface area contributed by atoms with Gasteiger partial charge in [-0.2, -0.15) is 5.26 Å². The van der Waals surface area contributed by atoms with Crippen molar-refractivity contribution in [2.45, 2.75) is 48.5 Å². The number of allylic oxidation sites excluding steroid dienone is 2. The standard InChI is InChI=1S/C11H15NS/c12-9-11(7-3-4-8-11)13-10-5-1-2-6-10/h3-4,10H,1-2,5-8H2. The molecule has 2 aliphatic rings. The first-order valence-electron chi connectivity index (χ1n) is 5.09. The Labute approximate surface area is 84.2 Å². The van der Waals surface area contributed by atoms with E-state index in [0.29, 0.717) is 0 Å². The topological polar surface area (TPSA) is 23.8 Å². The van der Waals surface area contributed by atoms with Crippen LogP contribution in [0, 0.1) is 11.3 Å². The van der Waals surface area contributed by atoms with Crippen LogP contribution in [0.3, 0.4) is 0 Å². The van der Waals surface area contributed by atoms with E-state index in [0.717, 1.165) is 18.1 Å². The maximum atomic E-state index is 9.17. The molecule has 0 aromatic heterocycles. The largest absolute Gasteiger partial charge is 0.197 e. The summed E-state index contributed by atoms with van der Waals surface area (Å²) in [7, 11) is 0. The summed E-state index contributed by atoms with van der Waals surface area (Å²) in [4.78, 5) is 0. The Morgan fingerprint density at radius 3 is 2.38 bits per heavy atom. The van der Waals surface area contributed by atoms with Crippen molar-refractivity contribution in [2.24, 2.45) is 0 Å². The summed E-state index contributed by atoms with van der Waals surface area (Å²) < 4.78 is -0.0883. The van der Waals surface area contributed by atoms with Gasteiger partial charge in [0.15, 0.2) is 0 Å². The summed E-state index contributed by atoms with van der Waals surface area (Å²) in [6.45, 7) is 0. The van der Waals surface area contributed by atoms with Crippen molar-refractivity contribution in [3.63, 3.8) is 0 Å². The van der Waals surface area contributed by atoms with E-state index in [4.69, 9.17) is 5.26 Å². The molecule has 1 nitrogen and oxygen atoms in total. The number of hydrogen-bond acceptors (Lipinski definition) is 2. The molecule has 0 atom stereocenters. The molecule has 0 saturated heterocycles. The van der Waals surface area contributed by atoms with Crippen LogP contribution in [0.4, 0.5) is 0 Å². The van der Waals surface area contributed by atoms with Gasteiger partial charge in [0, 0.05) is 5.25 Å². The van der Waals surface area contributed by atoms with Crippen LogP contribution >= 0.6 is 11.8 Å². The van der Waals surface area contributed by atoms with Crippen molar-refractivity contribution in [3.05, 3.63) is 12.2 Å². The Hall–Kier alpha value is -0.420. The van der Waals surface area contributed by atoms with Gasteiger partial charge in [0.05, 0.1) is 6.07 Å². The Bertz CT molecular complexity index is 237. The van der Waals surface area contributed by atoms with Crippen molar-refractivity contribution in [3.8, 4) is 6.07 Å². The van der Waals surface area contributed by atoms with Crippen LogP contribution in [-0.4, -0.2) is 10.00 Å². The fraction of sp³-hybridized carbons (Fsp3) is 0.727. The van der Waals surface area contributed by atoms with Crippen LogP contribution in [0.1, 0.15) is 38.5 Å². The zero-order valence-electron chi connectivity index (χ0n) is 7.83. The van der Waals surface area contributed by atoms with Gasteiger partial charge in [-0.25, -0.2) is 0 Å². The normalized spacial score (nSPS) is 26.4. The molecule has 2 rings (SSSR count). The molecule has 1 saturated carbocycles. The van der Waals surface area contributed by atoms with E-state index in [1.165, 1.54) is 25.7 Å². The predicted octanol–water partition coefficient (Wildman–Crippen LogP) is 3.27. The maximum absolute atomic E-state index is 9.17. The number of nitrogens with zero attached hydrogens (tertiary/aromatic N) is 1. The van der Waals surface area contributed by atoms with E-state index >= 15 is 0 Å². The lowest BCUT2D eigenvalue weighted by Crippen LogP contribution is -2.21. The van der Waals surface area contributed by atoms with Crippen LogP contribution in [0.25, 0.3) is 0 Å². The molecule has 0 bridgehead atoms. The average Bonchev–Trinajstić information content (AvgIpc) is 2.77. The molecule has 0 amide bonds. The van der Waals surface area contributed by atoms with Gasteiger partial charge in [0.25, 0.3) is 0 Å². The minimum Gasteiger partial charge on any atom is -0.197 e. The Balaban J connectivity index is 1.94. The molecule has 0 spiro atoms. The van der Waals surface area contributed by atoms with E-state index in [2.05, 4.69) is 18.2 Å². The van der Waals surface area contributed by atoms with E-state index in [9.17, 15) is 0 Å². The first kappa shape index (κ1) is 9.15. The third kappa shape index (κ3) is 1.91. The monoisotopic (exact) mass is 193 g/mol. The summed E-state index contributed by atoms with van der Waals surface area (Å²) in [6, 6.07) is 2.50. The van der Waals surface area contributed by atoms with E-state index in [1.807, 2.05) is 11.8 Å². The van der Waals surface area contributed by atoms with Crippen LogP contribution in [0.5, 0.6) is 0 Å². The zero-order valence-corrected chi connectivity index (χ0v) is 8.65. The Kier molecular flexibility index (Phi) is 2.64. The van der Waals surface area contributed by atoms with E-state index < -0.39 is 0 Å². The Morgan fingerprint density at radius 2 is 1.85 bits per heavy atom. The quantitative estimate of drug-likeness (QED) is 0.628. The summed E-state index contributed by atoms with van der Waals surface area (Å²) in [6.07, 6.45) is 11.6. The number of thioether (sulfide) groups is 1. The highest BCUT2D eigenvalue weighted by molar-refractivity contribution is 8.01. The molecule has 0 aromatic carbocycles. The first-order chi connectivity index (χ1) is 6.35. The molecule has 0 aliphatic heterocycles. The number of hydrogen-bond donors (Lipinski definition) is 0. The molecule has 0 N–H and O–H groups in total. The van der Waals surface area contributed by atoms with Gasteiger partial charge in [0.1, 0.15) is 4.75 Å². The van der Waals surface area contributed by atoms with Crippen LogP contribution in [0.15, 0.2) is 12.2 Å². The lowest BCUT2D eigenvalue weighted by molar-refractivity contribution is 0.773. The molecule has 0 unspecified atom stereocenters. The molecular formula is C11H15NS. The third-order valence-corrected chi connectivity index (χ3v) is 4.64. The molecule has 0 radical (unpaired) electrons. The van der Waals surface area contributed by atoms with Gasteiger partial charge < -0.3 is 0 Å². The molecule has 2 aliphatic carbocycles. The van der Waals surface area contributed by atoms with Crippen molar-refractivity contribution >= 4 is 11.8 Å². The predicted molar refractivity (Wildman–Crippen MR) is 56.6 cm³/mol. The van der Waals surface area contributed by atoms with Gasteiger partial charge in [-0.15, -0.1) is 11.8 Å². The van der Waals surface area contributed by atoms with Gasteiger partial charge in [-0.05, 0) is 25.7 Å². The second kappa shape index (κ2) is 3.75. The first-order valence-corrected chi connectivity index (χ1v) is 5.97. The van der Waals surface area contributed by atoms with Gasteiger partial charge in [0.2, 0.25) is 0 Å². The second-order valence-electron chi connectivity index (χ2n) is 4.01.